The largest absolute Gasteiger partial charge is 0.489 e. The number of β-amino-alcohol motifs (C(OH)–C–C–N with tert-alkyl or cyclic N) is 1. The van der Waals surface area contributed by atoms with E-state index in [1.54, 1.807) is 12.1 Å². The zero-order valence-electron chi connectivity index (χ0n) is 11.5. The maximum Gasteiger partial charge on any atom is 0.138 e. The van der Waals surface area contributed by atoms with Crippen LogP contribution in [0.2, 0.25) is 5.02 Å². The number of benzene rings is 1. The number of nitrogens with one attached hydrogen (secondary N) is 1. The zero-order chi connectivity index (χ0) is 13.9. The maximum absolute atomic E-state index is 9.94. The second-order valence-electron chi connectivity index (χ2n) is 5.77. The molecule has 1 aliphatic carbocycles. The molecule has 1 atom stereocenters. The van der Waals surface area contributed by atoms with E-state index in [0.717, 1.165) is 5.92 Å². The Morgan fingerprint density at radius 1 is 1.42 bits per heavy atom. The van der Waals surface area contributed by atoms with Gasteiger partial charge in [0.1, 0.15) is 18.5 Å². The molecule has 3 nitrogen and oxygen atoms in total. The van der Waals surface area contributed by atoms with E-state index in [0.29, 0.717) is 17.3 Å². The van der Waals surface area contributed by atoms with Crippen LogP contribution in [0.3, 0.4) is 0 Å². The van der Waals surface area contributed by atoms with E-state index in [-0.39, 0.29) is 12.1 Å². The monoisotopic (exact) mass is 283 g/mol. The third kappa shape index (κ3) is 4.37. The molecule has 0 bridgehead atoms. The quantitative estimate of drug-likeness (QED) is 0.808. The summed E-state index contributed by atoms with van der Waals surface area (Å²) in [6, 6.07) is 7.29. The van der Waals surface area contributed by atoms with Crippen LogP contribution in [-0.4, -0.2) is 29.9 Å². The predicted molar refractivity (Wildman–Crippen MR) is 77.8 cm³/mol. The molecule has 4 heteroatoms. The van der Waals surface area contributed by atoms with Gasteiger partial charge in [0.15, 0.2) is 0 Å². The molecular weight excluding hydrogens is 262 g/mol. The molecule has 1 aliphatic rings. The van der Waals surface area contributed by atoms with Crippen LogP contribution in [0.1, 0.15) is 26.7 Å². The average Bonchev–Trinajstić information content (AvgIpc) is 3.20. The summed E-state index contributed by atoms with van der Waals surface area (Å²) in [6.45, 7) is 5.16. The maximum atomic E-state index is 9.94. The summed E-state index contributed by atoms with van der Waals surface area (Å²) in [6.07, 6.45) is 2.03. The average molecular weight is 284 g/mol. The van der Waals surface area contributed by atoms with Gasteiger partial charge in [0.2, 0.25) is 0 Å². The minimum Gasteiger partial charge on any atom is -0.489 e. The second kappa shape index (κ2) is 6.12. The van der Waals surface area contributed by atoms with Crippen molar-refractivity contribution < 1.29 is 9.84 Å². The summed E-state index contributed by atoms with van der Waals surface area (Å²) in [5.74, 6) is 1.36. The Bertz CT molecular complexity index is 418. The van der Waals surface area contributed by atoms with Gasteiger partial charge >= 0.3 is 0 Å². The first-order valence-electron chi connectivity index (χ1n) is 6.79. The van der Waals surface area contributed by atoms with E-state index in [1.807, 2.05) is 12.1 Å². The molecule has 2 N–H and O–H groups in total. The Kier molecular flexibility index (Phi) is 4.71. The summed E-state index contributed by atoms with van der Waals surface area (Å²) < 4.78 is 5.52. The van der Waals surface area contributed by atoms with Gasteiger partial charge in [-0.2, -0.15) is 0 Å². The lowest BCUT2D eigenvalue weighted by molar-refractivity contribution is 0.0971. The number of rotatable bonds is 7. The van der Waals surface area contributed by atoms with Crippen molar-refractivity contribution in [3.63, 3.8) is 0 Å². The first-order chi connectivity index (χ1) is 8.99. The summed E-state index contributed by atoms with van der Waals surface area (Å²) in [5.41, 5.74) is 0.103. The van der Waals surface area contributed by atoms with E-state index >= 15 is 0 Å². The molecule has 0 aliphatic heterocycles. The van der Waals surface area contributed by atoms with Gasteiger partial charge in [0.05, 0.1) is 5.02 Å². The summed E-state index contributed by atoms with van der Waals surface area (Å²) in [4.78, 5) is 0. The number of hydrogen-bond donors (Lipinski definition) is 2. The van der Waals surface area contributed by atoms with Crippen molar-refractivity contribution in [2.75, 3.05) is 13.2 Å². The van der Waals surface area contributed by atoms with E-state index in [1.165, 1.54) is 12.8 Å². The molecule has 1 aromatic carbocycles. The topological polar surface area (TPSA) is 41.5 Å². The number of ether oxygens (including phenoxy) is 1. The highest BCUT2D eigenvalue weighted by Crippen LogP contribution is 2.39. The lowest BCUT2D eigenvalue weighted by Crippen LogP contribution is -2.46. The van der Waals surface area contributed by atoms with E-state index in [4.69, 9.17) is 16.3 Å². The van der Waals surface area contributed by atoms with Crippen LogP contribution in [0.25, 0.3) is 0 Å². The van der Waals surface area contributed by atoms with Crippen LogP contribution in [0.4, 0.5) is 0 Å². The highest BCUT2D eigenvalue weighted by atomic mass is 35.5. The van der Waals surface area contributed by atoms with Crippen molar-refractivity contribution in [3.8, 4) is 5.75 Å². The van der Waals surface area contributed by atoms with Gasteiger partial charge in [-0.1, -0.05) is 23.7 Å². The first-order valence-corrected chi connectivity index (χ1v) is 7.17. The number of aliphatic hydroxyl groups excluding tert-OH is 1. The van der Waals surface area contributed by atoms with Gasteiger partial charge in [-0.25, -0.2) is 0 Å². The molecule has 106 valence electrons. The molecule has 2 rings (SSSR count). The molecular formula is C15H22ClNO2. The van der Waals surface area contributed by atoms with Crippen LogP contribution in [0, 0.1) is 5.92 Å². The van der Waals surface area contributed by atoms with Crippen molar-refractivity contribution in [3.05, 3.63) is 29.3 Å². The Morgan fingerprint density at radius 3 is 2.74 bits per heavy atom. The molecule has 0 aromatic heterocycles. The van der Waals surface area contributed by atoms with E-state index < -0.39 is 6.10 Å². The Balaban J connectivity index is 1.72. The molecule has 0 spiro atoms. The molecule has 1 aromatic rings. The molecule has 1 fully saturated rings. The van der Waals surface area contributed by atoms with Crippen LogP contribution in [-0.2, 0) is 0 Å². The molecule has 0 radical (unpaired) electrons. The van der Waals surface area contributed by atoms with Crippen molar-refractivity contribution in [2.45, 2.75) is 38.3 Å². The fourth-order valence-corrected chi connectivity index (χ4v) is 2.33. The van der Waals surface area contributed by atoms with Crippen LogP contribution < -0.4 is 10.1 Å². The number of aliphatic hydroxyl groups is 1. The number of para-hydroxylation sites is 1. The van der Waals surface area contributed by atoms with Gasteiger partial charge in [-0.05, 0) is 44.7 Å². The Labute approximate surface area is 119 Å². The summed E-state index contributed by atoms with van der Waals surface area (Å²) in [5, 5.41) is 13.9. The third-order valence-electron chi connectivity index (χ3n) is 3.66. The van der Waals surface area contributed by atoms with Crippen LogP contribution in [0.15, 0.2) is 24.3 Å². The third-order valence-corrected chi connectivity index (χ3v) is 3.97. The molecule has 1 unspecified atom stereocenters. The van der Waals surface area contributed by atoms with Crippen molar-refractivity contribution in [2.24, 2.45) is 5.92 Å². The van der Waals surface area contributed by atoms with Crippen molar-refractivity contribution >= 4 is 11.6 Å². The number of hydrogen-bond acceptors (Lipinski definition) is 3. The molecule has 0 amide bonds. The smallest absolute Gasteiger partial charge is 0.138 e. The van der Waals surface area contributed by atoms with E-state index in [9.17, 15) is 5.11 Å². The number of halogens is 1. The SMILES string of the molecule is CC(C)(NCC(O)COc1ccccc1Cl)C1CC1. The lowest BCUT2D eigenvalue weighted by atomic mass is 9.98. The second-order valence-corrected chi connectivity index (χ2v) is 6.18. The molecule has 19 heavy (non-hydrogen) atoms. The first kappa shape index (κ1) is 14.6. The van der Waals surface area contributed by atoms with Gasteiger partial charge in [0.25, 0.3) is 0 Å². The van der Waals surface area contributed by atoms with Gasteiger partial charge in [0, 0.05) is 12.1 Å². The fourth-order valence-electron chi connectivity index (χ4n) is 2.14. The predicted octanol–water partition coefficient (Wildman–Crippen LogP) is 2.86. The summed E-state index contributed by atoms with van der Waals surface area (Å²) in [7, 11) is 0. The van der Waals surface area contributed by atoms with Crippen LogP contribution in [0.5, 0.6) is 5.75 Å². The highest BCUT2D eigenvalue weighted by Gasteiger charge is 2.37. The lowest BCUT2D eigenvalue weighted by Gasteiger charge is -2.27. The molecule has 1 saturated carbocycles. The van der Waals surface area contributed by atoms with Crippen molar-refractivity contribution in [1.82, 2.24) is 5.32 Å². The fraction of sp³-hybridized carbons (Fsp3) is 0.600. The zero-order valence-corrected chi connectivity index (χ0v) is 12.3. The van der Waals surface area contributed by atoms with E-state index in [2.05, 4.69) is 19.2 Å². The van der Waals surface area contributed by atoms with Crippen molar-refractivity contribution in [1.29, 1.82) is 0 Å². The Morgan fingerprint density at radius 2 is 2.11 bits per heavy atom. The standard InChI is InChI=1S/C15H22ClNO2/c1-15(2,11-7-8-11)17-9-12(18)10-19-14-6-4-3-5-13(14)16/h3-6,11-12,17-18H,7-10H2,1-2H3. The summed E-state index contributed by atoms with van der Waals surface area (Å²) >= 11 is 5.98. The highest BCUT2D eigenvalue weighted by molar-refractivity contribution is 6.32. The minimum absolute atomic E-state index is 0.103. The molecule has 0 saturated heterocycles. The Hall–Kier alpha value is -0.770. The van der Waals surface area contributed by atoms with Gasteiger partial charge < -0.3 is 15.2 Å². The van der Waals surface area contributed by atoms with Gasteiger partial charge in [-0.3, -0.25) is 0 Å². The van der Waals surface area contributed by atoms with Crippen LogP contribution >= 0.6 is 11.6 Å². The minimum atomic E-state index is -0.533. The molecule has 0 heterocycles. The normalized spacial score (nSPS) is 17.3. The van der Waals surface area contributed by atoms with Gasteiger partial charge in [-0.15, -0.1) is 0 Å².